The molecule has 7 heteroatoms. The molecule has 0 spiro atoms. The molecular weight excluding hydrogens is 427 g/mol. The van der Waals surface area contributed by atoms with Crippen LogP contribution in [0.2, 0.25) is 0 Å². The van der Waals surface area contributed by atoms with Crippen LogP contribution in [0.4, 0.5) is 10.1 Å². The van der Waals surface area contributed by atoms with E-state index in [4.69, 9.17) is 4.98 Å². The first-order valence-electron chi connectivity index (χ1n) is 12.1. The minimum absolute atomic E-state index is 0.0503. The number of nitrogens with one attached hydrogen (secondary N) is 1. The fraction of sp³-hybridized carbons (Fsp3) is 0.444. The fourth-order valence-electron chi connectivity index (χ4n) is 5.45. The van der Waals surface area contributed by atoms with E-state index < -0.39 is 6.17 Å². The third-order valence-electron chi connectivity index (χ3n) is 7.30. The maximum absolute atomic E-state index is 13.9. The van der Waals surface area contributed by atoms with Crippen molar-refractivity contribution < 1.29 is 4.39 Å². The third-order valence-corrected chi connectivity index (χ3v) is 7.30. The highest BCUT2D eigenvalue weighted by Gasteiger charge is 2.31. The van der Waals surface area contributed by atoms with Crippen molar-refractivity contribution in [3.8, 4) is 6.07 Å². The van der Waals surface area contributed by atoms with E-state index in [1.165, 1.54) is 0 Å². The summed E-state index contributed by atoms with van der Waals surface area (Å²) in [4.78, 5) is 14.1. The maximum Gasteiger partial charge on any atom is 0.117 e. The highest BCUT2D eigenvalue weighted by atomic mass is 19.1. The highest BCUT2D eigenvalue weighted by molar-refractivity contribution is 5.95. The van der Waals surface area contributed by atoms with Crippen LogP contribution in [0.1, 0.15) is 30.7 Å². The maximum atomic E-state index is 13.9. The Bertz CT molecular complexity index is 1180. The van der Waals surface area contributed by atoms with Crippen LogP contribution in [0.15, 0.2) is 48.8 Å². The lowest BCUT2D eigenvalue weighted by atomic mass is 9.98. The average molecular weight is 459 g/mol. The second-order valence-electron chi connectivity index (χ2n) is 9.72. The van der Waals surface area contributed by atoms with E-state index in [0.717, 1.165) is 60.4 Å². The molecule has 34 heavy (non-hydrogen) atoms. The molecule has 2 fully saturated rings. The molecular formula is C27H31FN6. The van der Waals surface area contributed by atoms with E-state index in [9.17, 15) is 9.65 Å². The first-order chi connectivity index (χ1) is 16.5. The third kappa shape index (κ3) is 4.48. The second kappa shape index (κ2) is 9.65. The van der Waals surface area contributed by atoms with Crippen molar-refractivity contribution in [1.82, 2.24) is 20.2 Å². The van der Waals surface area contributed by atoms with Crippen molar-refractivity contribution in [2.45, 2.75) is 45.1 Å². The number of pyridine rings is 2. The average Bonchev–Trinajstić information content (AvgIpc) is 3.25. The first-order valence-corrected chi connectivity index (χ1v) is 12.1. The Hall–Kier alpha value is -3.08. The van der Waals surface area contributed by atoms with Gasteiger partial charge in [-0.05, 0) is 56.2 Å². The molecule has 2 aliphatic rings. The molecule has 0 bridgehead atoms. The highest BCUT2D eigenvalue weighted by Crippen LogP contribution is 2.31. The Kier molecular flexibility index (Phi) is 6.44. The molecule has 5 rings (SSSR count). The van der Waals surface area contributed by atoms with E-state index in [-0.39, 0.29) is 5.92 Å². The van der Waals surface area contributed by atoms with E-state index in [1.54, 1.807) is 6.20 Å². The largest absolute Gasteiger partial charge is 0.368 e. The lowest BCUT2D eigenvalue weighted by molar-refractivity contribution is 0.121. The fourth-order valence-corrected chi connectivity index (χ4v) is 5.45. The number of rotatable bonds is 5. The number of nitriles is 1. The molecule has 0 saturated carbocycles. The Balaban J connectivity index is 1.27. The van der Waals surface area contributed by atoms with Crippen molar-refractivity contribution in [3.05, 3.63) is 65.6 Å². The van der Waals surface area contributed by atoms with Gasteiger partial charge in [0.1, 0.15) is 12.2 Å². The normalized spacial score (nSPS) is 25.5. The van der Waals surface area contributed by atoms with Gasteiger partial charge in [0.15, 0.2) is 0 Å². The van der Waals surface area contributed by atoms with Gasteiger partial charge in [-0.1, -0.05) is 6.07 Å². The molecule has 176 valence electrons. The van der Waals surface area contributed by atoms with Crippen LogP contribution in [-0.2, 0) is 13.0 Å². The summed E-state index contributed by atoms with van der Waals surface area (Å²) in [7, 11) is 0. The first kappa shape index (κ1) is 22.7. The van der Waals surface area contributed by atoms with E-state index >= 15 is 0 Å². The molecule has 0 radical (unpaired) electrons. The molecule has 0 unspecified atom stereocenters. The number of aromatic nitrogens is 2. The molecule has 0 amide bonds. The quantitative estimate of drug-likeness (QED) is 0.629. The molecule has 2 aliphatic heterocycles. The Morgan fingerprint density at radius 1 is 1.09 bits per heavy atom. The minimum atomic E-state index is -0.762. The number of halogens is 1. The summed E-state index contributed by atoms with van der Waals surface area (Å²) in [5.41, 5.74) is 4.66. The molecule has 1 N–H and O–H groups in total. The van der Waals surface area contributed by atoms with E-state index in [0.29, 0.717) is 24.2 Å². The van der Waals surface area contributed by atoms with Gasteiger partial charge in [0.2, 0.25) is 0 Å². The number of hydrogen-bond acceptors (Lipinski definition) is 6. The number of piperazine rings is 1. The summed E-state index contributed by atoms with van der Waals surface area (Å²) in [6.45, 7) is 8.31. The van der Waals surface area contributed by atoms with Gasteiger partial charge in [-0.15, -0.1) is 0 Å². The topological polar surface area (TPSA) is 68.1 Å². The lowest BCUT2D eigenvalue weighted by Gasteiger charge is -2.45. The zero-order chi connectivity index (χ0) is 23.7. The SMILES string of the molecule is C[C@@H]1CN(c2ccc(C#N)c3ncccc23)C[C@H](C)N1Cc1ccc(C[C@@H]2CNC[C@@H]2F)cn1. The molecule has 3 aromatic rings. The number of hydrogen-bond donors (Lipinski definition) is 1. The zero-order valence-electron chi connectivity index (χ0n) is 19.8. The van der Waals surface area contributed by atoms with Crippen molar-refractivity contribution in [1.29, 1.82) is 5.26 Å². The molecule has 6 nitrogen and oxygen atoms in total. The number of fused-ring (bicyclic) bond motifs is 1. The lowest BCUT2D eigenvalue weighted by Crippen LogP contribution is -2.56. The Labute approximate surface area is 200 Å². The smallest absolute Gasteiger partial charge is 0.117 e. The molecule has 2 saturated heterocycles. The van der Waals surface area contributed by atoms with Crippen molar-refractivity contribution in [2.75, 3.05) is 31.1 Å². The molecule has 4 atom stereocenters. The van der Waals surface area contributed by atoms with Crippen LogP contribution in [0.5, 0.6) is 0 Å². The molecule has 1 aromatic carbocycles. The van der Waals surface area contributed by atoms with Gasteiger partial charge in [-0.2, -0.15) is 5.26 Å². The molecule has 4 heterocycles. The van der Waals surface area contributed by atoms with Gasteiger partial charge in [-0.3, -0.25) is 14.9 Å². The van der Waals surface area contributed by atoms with Gasteiger partial charge in [-0.25, -0.2) is 4.39 Å². The van der Waals surface area contributed by atoms with Gasteiger partial charge >= 0.3 is 0 Å². The van der Waals surface area contributed by atoms with Gasteiger partial charge in [0.05, 0.1) is 16.8 Å². The predicted molar refractivity (Wildman–Crippen MR) is 132 cm³/mol. The second-order valence-corrected chi connectivity index (χ2v) is 9.72. The predicted octanol–water partition coefficient (Wildman–Crippen LogP) is 3.70. The Morgan fingerprint density at radius 2 is 1.91 bits per heavy atom. The monoisotopic (exact) mass is 458 g/mol. The Morgan fingerprint density at radius 3 is 2.59 bits per heavy atom. The summed E-state index contributed by atoms with van der Waals surface area (Å²) < 4.78 is 13.9. The van der Waals surface area contributed by atoms with Gasteiger partial charge in [0.25, 0.3) is 0 Å². The molecule has 2 aromatic heterocycles. The number of benzene rings is 1. The van der Waals surface area contributed by atoms with E-state index in [1.807, 2.05) is 18.3 Å². The summed E-state index contributed by atoms with van der Waals surface area (Å²) >= 11 is 0. The van der Waals surface area contributed by atoms with Crippen LogP contribution < -0.4 is 10.2 Å². The van der Waals surface area contributed by atoms with Crippen LogP contribution >= 0.6 is 0 Å². The van der Waals surface area contributed by atoms with Crippen LogP contribution in [0.3, 0.4) is 0 Å². The minimum Gasteiger partial charge on any atom is -0.368 e. The molecule has 0 aliphatic carbocycles. The van der Waals surface area contributed by atoms with Crippen LogP contribution in [0, 0.1) is 17.2 Å². The van der Waals surface area contributed by atoms with Crippen molar-refractivity contribution in [3.63, 3.8) is 0 Å². The van der Waals surface area contributed by atoms with Gasteiger partial charge in [0, 0.05) is 74.2 Å². The standard InChI is InChI=1S/C27H31FN6/c1-18-15-33(26-8-6-21(11-29)27-24(26)4-3-9-31-27)16-19(2)34(18)17-23-7-5-20(12-32-23)10-22-13-30-14-25(22)28/h3-9,12,18-19,22,25,30H,10,13-17H2,1-2H3/t18-,19+,22-,25+/m1/s1. The number of alkyl halides is 1. The number of nitrogens with zero attached hydrogens (tertiary/aromatic N) is 5. The zero-order valence-corrected chi connectivity index (χ0v) is 19.8. The van der Waals surface area contributed by atoms with Crippen molar-refractivity contribution in [2.24, 2.45) is 5.92 Å². The summed E-state index contributed by atoms with van der Waals surface area (Å²) in [5, 5.41) is 13.6. The van der Waals surface area contributed by atoms with Gasteiger partial charge < -0.3 is 10.2 Å². The van der Waals surface area contributed by atoms with Crippen LogP contribution in [-0.4, -0.2) is 59.3 Å². The van der Waals surface area contributed by atoms with E-state index in [2.05, 4.69) is 64.3 Å². The van der Waals surface area contributed by atoms with Crippen LogP contribution in [0.25, 0.3) is 10.9 Å². The van der Waals surface area contributed by atoms with Crippen molar-refractivity contribution >= 4 is 16.6 Å². The summed E-state index contributed by atoms with van der Waals surface area (Å²) in [6, 6.07) is 15.1. The summed E-state index contributed by atoms with van der Waals surface area (Å²) in [6.07, 6.45) is 3.64. The summed E-state index contributed by atoms with van der Waals surface area (Å²) in [5.74, 6) is 0.0503. The number of anilines is 1.